The molecule has 0 aliphatic rings. The van der Waals surface area contributed by atoms with E-state index in [0.29, 0.717) is 24.3 Å². The van der Waals surface area contributed by atoms with Crippen LogP contribution in [0.2, 0.25) is 0 Å². The van der Waals surface area contributed by atoms with E-state index in [9.17, 15) is 10.1 Å². The van der Waals surface area contributed by atoms with E-state index in [4.69, 9.17) is 0 Å². The second-order valence-corrected chi connectivity index (χ2v) is 7.75. The zero-order valence-corrected chi connectivity index (χ0v) is 18.4. The van der Waals surface area contributed by atoms with Gasteiger partial charge in [0.05, 0.1) is 18.2 Å². The second kappa shape index (κ2) is 11.1. The molecule has 0 unspecified atom stereocenters. The maximum atomic E-state index is 12.5. The number of nitriles is 1. The molecule has 5 heteroatoms. The quantitative estimate of drug-likeness (QED) is 0.455. The van der Waals surface area contributed by atoms with Crippen molar-refractivity contribution >= 4 is 5.91 Å². The van der Waals surface area contributed by atoms with Crippen molar-refractivity contribution in [2.75, 3.05) is 6.54 Å². The van der Waals surface area contributed by atoms with Crippen LogP contribution in [0.1, 0.15) is 66.8 Å². The molecule has 1 N–H and O–H groups in total. The summed E-state index contributed by atoms with van der Waals surface area (Å²) >= 11 is 0. The van der Waals surface area contributed by atoms with Crippen LogP contribution in [-0.2, 0) is 13.0 Å². The van der Waals surface area contributed by atoms with E-state index in [1.165, 1.54) is 0 Å². The summed E-state index contributed by atoms with van der Waals surface area (Å²) in [7, 11) is 0. The monoisotopic (exact) mass is 414 g/mol. The number of carbonyl (C=O) groups excluding carboxylic acids is 1. The van der Waals surface area contributed by atoms with Crippen LogP contribution in [0.3, 0.4) is 0 Å². The Labute approximate surface area is 184 Å². The molecule has 0 bridgehead atoms. The van der Waals surface area contributed by atoms with Gasteiger partial charge in [-0.2, -0.15) is 10.4 Å². The molecule has 3 aromatic rings. The van der Waals surface area contributed by atoms with Crippen LogP contribution in [-0.4, -0.2) is 22.2 Å². The van der Waals surface area contributed by atoms with Crippen LogP contribution >= 0.6 is 0 Å². The highest BCUT2D eigenvalue weighted by atomic mass is 16.1. The van der Waals surface area contributed by atoms with Gasteiger partial charge in [0.25, 0.3) is 5.91 Å². The number of hydrogen-bond donors (Lipinski definition) is 1. The van der Waals surface area contributed by atoms with Crippen molar-refractivity contribution in [1.82, 2.24) is 15.1 Å². The number of benzene rings is 2. The number of unbranched alkanes of at least 4 members (excludes halogenated alkanes) is 2. The molecule has 160 valence electrons. The minimum atomic E-state index is -0.103. The van der Waals surface area contributed by atoms with Crippen LogP contribution in [0, 0.1) is 11.3 Å². The average Bonchev–Trinajstić information content (AvgIpc) is 3.21. The first-order valence-electron chi connectivity index (χ1n) is 11.1. The highest BCUT2D eigenvalue weighted by Crippen LogP contribution is 2.24. The van der Waals surface area contributed by atoms with E-state index in [1.54, 1.807) is 0 Å². The third-order valence-corrected chi connectivity index (χ3v) is 5.34. The van der Waals surface area contributed by atoms with Gasteiger partial charge in [-0.25, -0.2) is 0 Å². The zero-order chi connectivity index (χ0) is 22.1. The van der Waals surface area contributed by atoms with E-state index >= 15 is 0 Å². The summed E-state index contributed by atoms with van der Waals surface area (Å²) in [5.41, 5.74) is 5.30. The predicted octanol–water partition coefficient (Wildman–Crippen LogP) is 5.34. The van der Waals surface area contributed by atoms with Gasteiger partial charge in [0.2, 0.25) is 0 Å². The summed E-state index contributed by atoms with van der Waals surface area (Å²) in [4.78, 5) is 12.5. The molecule has 1 amide bonds. The Kier molecular flexibility index (Phi) is 8.00. The lowest BCUT2D eigenvalue weighted by Gasteiger charge is -2.09. The highest BCUT2D eigenvalue weighted by Gasteiger charge is 2.14. The first-order valence-corrected chi connectivity index (χ1v) is 11.1. The number of aromatic nitrogens is 2. The topological polar surface area (TPSA) is 70.7 Å². The SMILES string of the molecule is CCCCNC(=O)c1cc(CCCC)n(Cc2ccc(-c3ccccc3C#N)cc2)n1. The lowest BCUT2D eigenvalue weighted by atomic mass is 9.99. The van der Waals surface area contributed by atoms with Gasteiger partial charge in [-0.1, -0.05) is 69.2 Å². The standard InChI is InChI=1S/C26H30N4O/c1-3-5-10-23-17-25(26(31)28-16-6-4-2)29-30(23)19-20-12-14-21(15-13-20)24-11-8-7-9-22(24)18-27/h7-9,11-15,17H,3-6,10,16,19H2,1-2H3,(H,28,31). The Morgan fingerprint density at radius 1 is 1.06 bits per heavy atom. The summed E-state index contributed by atoms with van der Waals surface area (Å²) in [5.74, 6) is -0.103. The number of hydrogen-bond acceptors (Lipinski definition) is 3. The molecule has 0 fully saturated rings. The van der Waals surface area contributed by atoms with Crippen LogP contribution in [0.5, 0.6) is 0 Å². The Hall–Kier alpha value is -3.39. The van der Waals surface area contributed by atoms with Crippen molar-refractivity contribution in [1.29, 1.82) is 5.26 Å². The van der Waals surface area contributed by atoms with Crippen LogP contribution in [0.25, 0.3) is 11.1 Å². The van der Waals surface area contributed by atoms with E-state index in [-0.39, 0.29) is 5.91 Å². The van der Waals surface area contributed by atoms with Gasteiger partial charge in [-0.05, 0) is 48.1 Å². The number of carbonyl (C=O) groups is 1. The molecular weight excluding hydrogens is 384 g/mol. The molecule has 3 rings (SSSR count). The molecule has 0 saturated carbocycles. The third kappa shape index (κ3) is 5.82. The summed E-state index contributed by atoms with van der Waals surface area (Å²) in [5, 5.41) is 16.9. The van der Waals surface area contributed by atoms with Gasteiger partial charge in [-0.15, -0.1) is 0 Å². The molecular formula is C26H30N4O. The normalized spacial score (nSPS) is 10.6. The molecule has 0 aliphatic heterocycles. The van der Waals surface area contributed by atoms with Crippen molar-refractivity contribution in [2.45, 2.75) is 52.5 Å². The Morgan fingerprint density at radius 3 is 2.52 bits per heavy atom. The summed E-state index contributed by atoms with van der Waals surface area (Å²) in [6.45, 7) is 5.56. The molecule has 0 aliphatic carbocycles. The Morgan fingerprint density at radius 2 is 1.81 bits per heavy atom. The predicted molar refractivity (Wildman–Crippen MR) is 124 cm³/mol. The highest BCUT2D eigenvalue weighted by molar-refractivity contribution is 5.92. The van der Waals surface area contributed by atoms with Crippen LogP contribution in [0.4, 0.5) is 0 Å². The molecule has 0 spiro atoms. The maximum Gasteiger partial charge on any atom is 0.271 e. The van der Waals surface area contributed by atoms with Crippen LogP contribution in [0.15, 0.2) is 54.6 Å². The van der Waals surface area contributed by atoms with Gasteiger partial charge >= 0.3 is 0 Å². The molecule has 0 saturated heterocycles. The Balaban J connectivity index is 1.79. The summed E-state index contributed by atoms with van der Waals surface area (Å²) in [6.07, 6.45) is 5.07. The molecule has 2 aromatic carbocycles. The molecule has 1 heterocycles. The van der Waals surface area contributed by atoms with Gasteiger partial charge in [-0.3, -0.25) is 9.48 Å². The van der Waals surface area contributed by atoms with Gasteiger partial charge in [0, 0.05) is 12.2 Å². The first kappa shape index (κ1) is 22.3. The lowest BCUT2D eigenvalue weighted by molar-refractivity contribution is 0.0947. The van der Waals surface area contributed by atoms with E-state index in [0.717, 1.165) is 54.5 Å². The number of amides is 1. The minimum Gasteiger partial charge on any atom is -0.351 e. The van der Waals surface area contributed by atoms with Gasteiger partial charge in [0.15, 0.2) is 0 Å². The smallest absolute Gasteiger partial charge is 0.271 e. The van der Waals surface area contributed by atoms with Crippen molar-refractivity contribution in [3.8, 4) is 17.2 Å². The molecule has 0 radical (unpaired) electrons. The second-order valence-electron chi connectivity index (χ2n) is 7.75. The fraction of sp³-hybridized carbons (Fsp3) is 0.346. The van der Waals surface area contributed by atoms with Gasteiger partial charge in [0.1, 0.15) is 5.69 Å². The van der Waals surface area contributed by atoms with Crippen LogP contribution < -0.4 is 5.32 Å². The van der Waals surface area contributed by atoms with E-state index < -0.39 is 0 Å². The van der Waals surface area contributed by atoms with Crippen molar-refractivity contribution in [2.24, 2.45) is 0 Å². The van der Waals surface area contributed by atoms with Gasteiger partial charge < -0.3 is 5.32 Å². The number of rotatable bonds is 10. The fourth-order valence-electron chi connectivity index (χ4n) is 3.53. The summed E-state index contributed by atoms with van der Waals surface area (Å²) < 4.78 is 1.95. The lowest BCUT2D eigenvalue weighted by Crippen LogP contribution is -2.25. The number of nitrogens with one attached hydrogen (secondary N) is 1. The molecule has 31 heavy (non-hydrogen) atoms. The number of aryl methyl sites for hydroxylation is 1. The average molecular weight is 415 g/mol. The Bertz CT molecular complexity index is 1040. The molecule has 0 atom stereocenters. The summed E-state index contributed by atoms with van der Waals surface area (Å²) in [6, 6.07) is 20.0. The minimum absolute atomic E-state index is 0.103. The van der Waals surface area contributed by atoms with Crippen molar-refractivity contribution < 1.29 is 4.79 Å². The fourth-order valence-corrected chi connectivity index (χ4v) is 3.53. The third-order valence-electron chi connectivity index (χ3n) is 5.34. The van der Waals surface area contributed by atoms with Crippen molar-refractivity contribution in [3.63, 3.8) is 0 Å². The maximum absolute atomic E-state index is 12.5. The van der Waals surface area contributed by atoms with Crippen molar-refractivity contribution in [3.05, 3.63) is 77.1 Å². The zero-order valence-electron chi connectivity index (χ0n) is 18.4. The first-order chi connectivity index (χ1) is 15.2. The van der Waals surface area contributed by atoms with E-state index in [2.05, 4.69) is 42.5 Å². The number of nitrogens with zero attached hydrogens (tertiary/aromatic N) is 3. The largest absolute Gasteiger partial charge is 0.351 e. The molecule has 5 nitrogen and oxygen atoms in total. The molecule has 1 aromatic heterocycles. The van der Waals surface area contributed by atoms with E-state index in [1.807, 2.05) is 47.1 Å².